The van der Waals surface area contributed by atoms with Gasteiger partial charge in [-0.25, -0.2) is 0 Å². The zero-order valence-electron chi connectivity index (χ0n) is 13.4. The largest absolute Gasteiger partial charge is 0.461 e. The third-order valence-corrected chi connectivity index (χ3v) is 6.51. The number of carbonyl (C=O) groups excluding carboxylic acids is 1. The molecular weight excluding hydrogens is 312 g/mol. The van der Waals surface area contributed by atoms with Crippen LogP contribution in [0, 0.1) is 0 Å². The van der Waals surface area contributed by atoms with Crippen molar-refractivity contribution in [3.8, 4) is 0 Å². The Hall–Kier alpha value is -2.65. The molecule has 0 amide bonds. The molecule has 0 bridgehead atoms. The molecule has 0 aliphatic rings. The molecule has 0 aliphatic heterocycles. The Labute approximate surface area is 144 Å². The molecular formula is C21H19O2Si. The van der Waals surface area contributed by atoms with E-state index in [0.29, 0.717) is 12.7 Å². The van der Waals surface area contributed by atoms with E-state index in [1.807, 2.05) is 66.7 Å². The first-order valence-electron chi connectivity index (χ1n) is 7.99. The van der Waals surface area contributed by atoms with Gasteiger partial charge in [0.2, 0.25) is 0 Å². The van der Waals surface area contributed by atoms with Gasteiger partial charge in [-0.15, -0.1) is 0 Å². The summed E-state index contributed by atoms with van der Waals surface area (Å²) in [6.07, 6.45) is 0. The fourth-order valence-electron chi connectivity index (χ4n) is 2.58. The summed E-state index contributed by atoms with van der Waals surface area (Å²) in [5.74, 6) is -0.138. The zero-order valence-corrected chi connectivity index (χ0v) is 14.4. The summed E-state index contributed by atoms with van der Waals surface area (Å²) in [7, 11) is -1.18. The molecule has 3 rings (SSSR count). The van der Waals surface area contributed by atoms with Gasteiger partial charge in [-0.05, 0) is 5.56 Å². The first kappa shape index (κ1) is 16.2. The van der Waals surface area contributed by atoms with E-state index >= 15 is 0 Å². The summed E-state index contributed by atoms with van der Waals surface area (Å²) in [6, 6.07) is 30.7. The molecule has 2 nitrogen and oxygen atoms in total. The van der Waals surface area contributed by atoms with Crippen LogP contribution in [0.5, 0.6) is 0 Å². The second-order valence-corrected chi connectivity index (χ2v) is 8.00. The second-order valence-electron chi connectivity index (χ2n) is 5.53. The Morgan fingerprint density at radius 3 is 1.67 bits per heavy atom. The molecule has 3 aromatic carbocycles. The summed E-state index contributed by atoms with van der Waals surface area (Å²) < 4.78 is 5.49. The Bertz CT molecular complexity index is 718. The van der Waals surface area contributed by atoms with Gasteiger partial charge < -0.3 is 4.74 Å². The van der Waals surface area contributed by atoms with Crippen LogP contribution >= 0.6 is 0 Å². The van der Waals surface area contributed by atoms with E-state index in [0.717, 1.165) is 5.56 Å². The Morgan fingerprint density at radius 1 is 0.708 bits per heavy atom. The average molecular weight is 331 g/mol. The van der Waals surface area contributed by atoms with Gasteiger partial charge in [-0.3, -0.25) is 4.79 Å². The molecule has 0 aliphatic carbocycles. The van der Waals surface area contributed by atoms with Gasteiger partial charge >= 0.3 is 5.97 Å². The number of hydrogen-bond donors (Lipinski definition) is 0. The molecule has 0 saturated carbocycles. The highest BCUT2D eigenvalue weighted by molar-refractivity contribution is 6.87. The Balaban J connectivity index is 1.71. The highest BCUT2D eigenvalue weighted by atomic mass is 28.3. The zero-order chi connectivity index (χ0) is 16.6. The van der Waals surface area contributed by atoms with Crippen LogP contribution in [0.1, 0.15) is 5.56 Å². The van der Waals surface area contributed by atoms with Gasteiger partial charge in [0.25, 0.3) is 0 Å². The number of rotatable bonds is 6. The summed E-state index contributed by atoms with van der Waals surface area (Å²) in [5.41, 5.74) is 1.01. The van der Waals surface area contributed by atoms with E-state index in [1.165, 1.54) is 10.4 Å². The SMILES string of the molecule is O=C(C[Si](c1ccccc1)c1ccccc1)OCc1ccccc1. The summed E-state index contributed by atoms with van der Waals surface area (Å²) in [4.78, 5) is 12.4. The maximum Gasteiger partial charge on any atom is 0.303 e. The van der Waals surface area contributed by atoms with Crippen LogP contribution < -0.4 is 10.4 Å². The first-order valence-corrected chi connectivity index (χ1v) is 9.70. The highest BCUT2D eigenvalue weighted by Gasteiger charge is 2.21. The smallest absolute Gasteiger partial charge is 0.303 e. The van der Waals surface area contributed by atoms with Gasteiger partial charge in [0, 0.05) is 6.04 Å². The van der Waals surface area contributed by atoms with Crippen LogP contribution in [0.3, 0.4) is 0 Å². The molecule has 0 aromatic heterocycles. The average Bonchev–Trinajstić information content (AvgIpc) is 2.67. The molecule has 0 N–H and O–H groups in total. The quantitative estimate of drug-likeness (QED) is 0.513. The molecule has 0 heterocycles. The van der Waals surface area contributed by atoms with E-state index in [9.17, 15) is 4.79 Å². The lowest BCUT2D eigenvalue weighted by Crippen LogP contribution is -2.43. The molecule has 1 radical (unpaired) electrons. The summed E-state index contributed by atoms with van der Waals surface area (Å²) in [5, 5.41) is 2.45. The van der Waals surface area contributed by atoms with Gasteiger partial charge in [0.15, 0.2) is 0 Å². The predicted octanol–water partition coefficient (Wildman–Crippen LogP) is 3.04. The molecule has 24 heavy (non-hydrogen) atoms. The van der Waals surface area contributed by atoms with Crippen molar-refractivity contribution in [2.45, 2.75) is 12.7 Å². The number of hydrogen-bond acceptors (Lipinski definition) is 2. The van der Waals surface area contributed by atoms with Crippen molar-refractivity contribution in [3.05, 3.63) is 96.6 Å². The second kappa shape index (κ2) is 8.27. The molecule has 0 saturated heterocycles. The summed E-state index contributed by atoms with van der Waals surface area (Å²) in [6.45, 7) is 0.332. The maximum atomic E-state index is 12.4. The molecule has 0 fully saturated rings. The topological polar surface area (TPSA) is 26.3 Å². The lowest BCUT2D eigenvalue weighted by molar-refractivity contribution is -0.142. The van der Waals surface area contributed by atoms with E-state index in [-0.39, 0.29) is 5.97 Å². The van der Waals surface area contributed by atoms with Gasteiger partial charge in [0.1, 0.15) is 15.4 Å². The van der Waals surface area contributed by atoms with Crippen LogP contribution in [0.15, 0.2) is 91.0 Å². The minimum Gasteiger partial charge on any atom is -0.461 e. The fourth-order valence-corrected chi connectivity index (χ4v) is 4.90. The van der Waals surface area contributed by atoms with Crippen molar-refractivity contribution in [3.63, 3.8) is 0 Å². The number of esters is 1. The molecule has 0 unspecified atom stereocenters. The minimum absolute atomic E-state index is 0.138. The highest BCUT2D eigenvalue weighted by Crippen LogP contribution is 2.04. The van der Waals surface area contributed by atoms with E-state index in [1.54, 1.807) is 0 Å². The van der Waals surface area contributed by atoms with Crippen molar-refractivity contribution in [1.82, 2.24) is 0 Å². The normalized spacial score (nSPS) is 10.5. The van der Waals surface area contributed by atoms with Crippen LogP contribution in [-0.2, 0) is 16.1 Å². The Morgan fingerprint density at radius 2 is 1.17 bits per heavy atom. The van der Waals surface area contributed by atoms with Crippen molar-refractivity contribution < 1.29 is 9.53 Å². The lowest BCUT2D eigenvalue weighted by atomic mass is 10.2. The predicted molar refractivity (Wildman–Crippen MR) is 99.0 cm³/mol. The van der Waals surface area contributed by atoms with Gasteiger partial charge in [-0.2, -0.15) is 0 Å². The maximum absolute atomic E-state index is 12.4. The fraction of sp³-hybridized carbons (Fsp3) is 0.0952. The number of ether oxygens (including phenoxy) is 1. The van der Waals surface area contributed by atoms with E-state index in [2.05, 4.69) is 24.3 Å². The van der Waals surface area contributed by atoms with Crippen molar-refractivity contribution in [1.29, 1.82) is 0 Å². The standard InChI is InChI=1S/C21H19O2Si/c22-21(23-16-18-10-4-1-5-11-18)17-24(19-12-6-2-7-13-19)20-14-8-3-9-15-20/h1-15H,16-17H2. The van der Waals surface area contributed by atoms with Gasteiger partial charge in [-0.1, -0.05) is 101 Å². The van der Waals surface area contributed by atoms with Crippen LogP contribution in [0.4, 0.5) is 0 Å². The third kappa shape index (κ3) is 4.43. The lowest BCUT2D eigenvalue weighted by Gasteiger charge is -2.15. The third-order valence-electron chi connectivity index (χ3n) is 3.81. The van der Waals surface area contributed by atoms with Gasteiger partial charge in [0.05, 0.1) is 0 Å². The molecule has 3 heteroatoms. The Kier molecular flexibility index (Phi) is 5.59. The molecule has 3 aromatic rings. The molecule has 119 valence electrons. The van der Waals surface area contributed by atoms with E-state index < -0.39 is 8.80 Å². The number of carbonyl (C=O) groups is 1. The van der Waals surface area contributed by atoms with Crippen LogP contribution in [0.25, 0.3) is 0 Å². The summed E-state index contributed by atoms with van der Waals surface area (Å²) >= 11 is 0. The monoisotopic (exact) mass is 331 g/mol. The van der Waals surface area contributed by atoms with Crippen LogP contribution in [0.2, 0.25) is 6.04 Å². The van der Waals surface area contributed by atoms with E-state index in [4.69, 9.17) is 4.74 Å². The molecule has 0 spiro atoms. The molecule has 0 atom stereocenters. The van der Waals surface area contributed by atoms with Crippen LogP contribution in [-0.4, -0.2) is 14.8 Å². The minimum atomic E-state index is -1.18. The van der Waals surface area contributed by atoms with Crippen molar-refractivity contribution >= 4 is 25.1 Å². The van der Waals surface area contributed by atoms with Crippen molar-refractivity contribution in [2.75, 3.05) is 0 Å². The number of benzene rings is 3. The first-order chi connectivity index (χ1) is 11.8. The van der Waals surface area contributed by atoms with Crippen molar-refractivity contribution in [2.24, 2.45) is 0 Å².